The van der Waals surface area contributed by atoms with Gasteiger partial charge in [0.15, 0.2) is 0 Å². The summed E-state index contributed by atoms with van der Waals surface area (Å²) in [5.74, 6) is 6.61. The maximum absolute atomic E-state index is 3.30. The second kappa shape index (κ2) is 6.61. The molecule has 0 saturated carbocycles. The minimum Gasteiger partial charge on any atom is -0.291 e. The molecule has 0 N–H and O–H groups in total. The highest BCUT2D eigenvalue weighted by molar-refractivity contribution is 5.85. The first-order valence-corrected chi connectivity index (χ1v) is 7.66. The van der Waals surface area contributed by atoms with E-state index in [9.17, 15) is 0 Å². The third-order valence-corrected chi connectivity index (χ3v) is 3.96. The van der Waals surface area contributed by atoms with Gasteiger partial charge in [0.05, 0.1) is 6.54 Å². The van der Waals surface area contributed by atoms with Crippen molar-refractivity contribution >= 4 is 10.8 Å². The normalized spacial score (nSPS) is 14.1. The number of nitrogens with zero attached hydrogens (tertiary/aromatic N) is 1. The molecular weight excluding hydrogens is 254 g/mol. The first kappa shape index (κ1) is 13.9. The van der Waals surface area contributed by atoms with Gasteiger partial charge in [0.1, 0.15) is 0 Å². The average Bonchev–Trinajstić information content (AvgIpc) is 3.01. The van der Waals surface area contributed by atoms with Crippen LogP contribution in [0.4, 0.5) is 0 Å². The third kappa shape index (κ3) is 3.54. The molecule has 2 aromatic rings. The molecule has 0 atom stereocenters. The summed E-state index contributed by atoms with van der Waals surface area (Å²) in [5.41, 5.74) is 2.70. The van der Waals surface area contributed by atoms with E-state index >= 15 is 0 Å². The van der Waals surface area contributed by atoms with E-state index in [0.29, 0.717) is 0 Å². The van der Waals surface area contributed by atoms with Gasteiger partial charge >= 0.3 is 0 Å². The van der Waals surface area contributed by atoms with E-state index in [2.05, 4.69) is 72.3 Å². The Morgan fingerprint density at radius 3 is 2.81 bits per heavy atom. The van der Waals surface area contributed by atoms with Crippen LogP contribution in [0.2, 0.25) is 0 Å². The summed E-state index contributed by atoms with van der Waals surface area (Å²) in [4.78, 5) is 2.28. The molecule has 0 fully saturated rings. The molecule has 1 heteroatoms. The van der Waals surface area contributed by atoms with Crippen LogP contribution in [0.25, 0.3) is 10.8 Å². The second-order valence-electron chi connectivity index (χ2n) is 5.73. The molecule has 0 unspecified atom stereocenters. The van der Waals surface area contributed by atoms with Gasteiger partial charge in [-0.25, -0.2) is 0 Å². The minimum absolute atomic E-state index is 0.820. The zero-order chi connectivity index (χ0) is 14.5. The fourth-order valence-electron chi connectivity index (χ4n) is 2.85. The number of benzene rings is 2. The Morgan fingerprint density at radius 1 is 1.10 bits per heavy atom. The first-order valence-electron chi connectivity index (χ1n) is 7.66. The highest BCUT2D eigenvalue weighted by atomic mass is 15.1. The van der Waals surface area contributed by atoms with Crippen molar-refractivity contribution in [1.29, 1.82) is 0 Å². The molecule has 0 bridgehead atoms. The van der Waals surface area contributed by atoms with Crippen molar-refractivity contribution in [2.75, 3.05) is 13.6 Å². The SMILES string of the molecule is CN(CC#CC1=CCCC1)Cc1cccc2ccccc12. The van der Waals surface area contributed by atoms with Crippen LogP contribution in [0.3, 0.4) is 0 Å². The summed E-state index contributed by atoms with van der Waals surface area (Å²) < 4.78 is 0. The van der Waals surface area contributed by atoms with Crippen molar-refractivity contribution in [1.82, 2.24) is 4.90 Å². The van der Waals surface area contributed by atoms with E-state index in [4.69, 9.17) is 0 Å². The molecule has 0 amide bonds. The molecule has 1 aliphatic rings. The molecule has 21 heavy (non-hydrogen) atoms. The number of hydrogen-bond acceptors (Lipinski definition) is 1. The highest BCUT2D eigenvalue weighted by Gasteiger charge is 2.04. The van der Waals surface area contributed by atoms with Gasteiger partial charge in [-0.2, -0.15) is 0 Å². The van der Waals surface area contributed by atoms with Crippen molar-refractivity contribution in [2.45, 2.75) is 25.8 Å². The number of fused-ring (bicyclic) bond motifs is 1. The van der Waals surface area contributed by atoms with Crippen molar-refractivity contribution < 1.29 is 0 Å². The van der Waals surface area contributed by atoms with E-state index < -0.39 is 0 Å². The van der Waals surface area contributed by atoms with Crippen molar-refractivity contribution in [3.05, 3.63) is 59.7 Å². The van der Waals surface area contributed by atoms with Crippen LogP contribution in [0, 0.1) is 11.8 Å². The summed E-state index contributed by atoms with van der Waals surface area (Å²) in [6, 6.07) is 15.1. The molecule has 0 aliphatic heterocycles. The monoisotopic (exact) mass is 275 g/mol. The predicted molar refractivity (Wildman–Crippen MR) is 90.0 cm³/mol. The summed E-state index contributed by atoms with van der Waals surface area (Å²) >= 11 is 0. The molecule has 0 radical (unpaired) electrons. The van der Waals surface area contributed by atoms with Crippen LogP contribution >= 0.6 is 0 Å². The van der Waals surface area contributed by atoms with Crippen LogP contribution in [0.5, 0.6) is 0 Å². The smallest absolute Gasteiger partial charge is 0.0605 e. The quantitative estimate of drug-likeness (QED) is 0.751. The Hall–Kier alpha value is -2.04. The second-order valence-corrected chi connectivity index (χ2v) is 5.73. The third-order valence-electron chi connectivity index (χ3n) is 3.96. The number of hydrogen-bond donors (Lipinski definition) is 0. The minimum atomic E-state index is 0.820. The largest absolute Gasteiger partial charge is 0.291 e. The standard InChI is InChI=1S/C20H21N/c1-21(15-7-10-17-8-2-3-9-17)16-19-13-6-12-18-11-4-5-14-20(18)19/h4-6,8,11-14H,2-3,9,15-16H2,1H3. The van der Waals surface area contributed by atoms with Crippen LogP contribution in [-0.2, 0) is 6.54 Å². The molecule has 0 spiro atoms. The molecule has 0 saturated heterocycles. The molecular formula is C20H21N. The molecule has 1 aliphatic carbocycles. The van der Waals surface area contributed by atoms with Crippen LogP contribution in [-0.4, -0.2) is 18.5 Å². The van der Waals surface area contributed by atoms with Gasteiger partial charge in [-0.3, -0.25) is 4.90 Å². The van der Waals surface area contributed by atoms with Crippen LogP contribution < -0.4 is 0 Å². The van der Waals surface area contributed by atoms with Crippen molar-refractivity contribution in [3.63, 3.8) is 0 Å². The van der Waals surface area contributed by atoms with Crippen LogP contribution in [0.1, 0.15) is 24.8 Å². The lowest BCUT2D eigenvalue weighted by atomic mass is 10.0. The lowest BCUT2D eigenvalue weighted by Crippen LogP contribution is -2.18. The fraction of sp³-hybridized carbons (Fsp3) is 0.300. The van der Waals surface area contributed by atoms with Gasteiger partial charge in [0.25, 0.3) is 0 Å². The summed E-state index contributed by atoms with van der Waals surface area (Å²) in [6.07, 6.45) is 5.92. The Balaban J connectivity index is 1.67. The molecule has 0 aromatic heterocycles. The summed E-state index contributed by atoms with van der Waals surface area (Å²) in [5, 5.41) is 2.66. The Bertz CT molecular complexity index is 710. The van der Waals surface area contributed by atoms with Gasteiger partial charge in [0.2, 0.25) is 0 Å². The van der Waals surface area contributed by atoms with E-state index in [1.54, 1.807) is 0 Å². The van der Waals surface area contributed by atoms with Gasteiger partial charge in [-0.1, -0.05) is 60.4 Å². The lowest BCUT2D eigenvalue weighted by Gasteiger charge is -2.15. The zero-order valence-corrected chi connectivity index (χ0v) is 12.6. The summed E-state index contributed by atoms with van der Waals surface area (Å²) in [6.45, 7) is 1.76. The van der Waals surface area contributed by atoms with E-state index in [1.165, 1.54) is 41.2 Å². The van der Waals surface area contributed by atoms with Gasteiger partial charge in [-0.05, 0) is 48.2 Å². The van der Waals surface area contributed by atoms with E-state index in [0.717, 1.165) is 13.1 Å². The molecule has 2 aromatic carbocycles. The molecule has 1 nitrogen and oxygen atoms in total. The van der Waals surface area contributed by atoms with Crippen molar-refractivity contribution in [2.24, 2.45) is 0 Å². The first-order chi connectivity index (χ1) is 10.3. The van der Waals surface area contributed by atoms with E-state index in [-0.39, 0.29) is 0 Å². The average molecular weight is 275 g/mol. The maximum Gasteiger partial charge on any atom is 0.0605 e. The lowest BCUT2D eigenvalue weighted by molar-refractivity contribution is 0.370. The predicted octanol–water partition coefficient (Wildman–Crippen LogP) is 4.39. The number of rotatable bonds is 3. The van der Waals surface area contributed by atoms with Crippen molar-refractivity contribution in [3.8, 4) is 11.8 Å². The van der Waals surface area contributed by atoms with E-state index in [1.807, 2.05) is 0 Å². The topological polar surface area (TPSA) is 3.24 Å². The Morgan fingerprint density at radius 2 is 1.95 bits per heavy atom. The fourth-order valence-corrected chi connectivity index (χ4v) is 2.85. The number of allylic oxidation sites excluding steroid dienone is 2. The van der Waals surface area contributed by atoms with Gasteiger partial charge in [0, 0.05) is 6.54 Å². The molecule has 3 rings (SSSR count). The summed E-state index contributed by atoms with van der Waals surface area (Å²) in [7, 11) is 2.14. The zero-order valence-electron chi connectivity index (χ0n) is 12.6. The molecule has 106 valence electrons. The Labute approximate surface area is 127 Å². The highest BCUT2D eigenvalue weighted by Crippen LogP contribution is 2.19. The van der Waals surface area contributed by atoms with Gasteiger partial charge in [-0.15, -0.1) is 0 Å². The maximum atomic E-state index is 3.30. The van der Waals surface area contributed by atoms with Gasteiger partial charge < -0.3 is 0 Å². The Kier molecular flexibility index (Phi) is 4.38. The molecule has 0 heterocycles. The van der Waals surface area contributed by atoms with Crippen LogP contribution in [0.15, 0.2) is 54.1 Å².